The lowest BCUT2D eigenvalue weighted by molar-refractivity contribution is 0.0764. The van der Waals surface area contributed by atoms with Gasteiger partial charge < -0.3 is 15.1 Å². The van der Waals surface area contributed by atoms with Crippen LogP contribution in [0, 0.1) is 0 Å². The summed E-state index contributed by atoms with van der Waals surface area (Å²) < 4.78 is 0.571. The van der Waals surface area contributed by atoms with Gasteiger partial charge in [-0.15, -0.1) is 0 Å². The summed E-state index contributed by atoms with van der Waals surface area (Å²) in [6.45, 7) is 0.593. The Bertz CT molecular complexity index is 1100. The van der Waals surface area contributed by atoms with Crippen molar-refractivity contribution in [2.45, 2.75) is 13.1 Å². The van der Waals surface area contributed by atoms with Crippen molar-refractivity contribution in [3.05, 3.63) is 93.0 Å². The molecule has 4 rings (SSSR count). The highest BCUT2D eigenvalue weighted by atomic mass is 79.9. The number of nitrogens with zero attached hydrogens (tertiary/aromatic N) is 1. The lowest BCUT2D eigenvalue weighted by atomic mass is 10.0. The molecule has 0 fully saturated rings. The molecule has 0 saturated heterocycles. The van der Waals surface area contributed by atoms with Crippen LogP contribution >= 0.6 is 15.9 Å². The summed E-state index contributed by atoms with van der Waals surface area (Å²) in [6.07, 6.45) is 0. The van der Waals surface area contributed by atoms with E-state index in [4.69, 9.17) is 0 Å². The first-order chi connectivity index (χ1) is 13.5. The number of phenolic OH excluding ortho intramolecular Hbond substituents is 2. The van der Waals surface area contributed by atoms with Gasteiger partial charge in [-0.05, 0) is 17.7 Å². The smallest absolute Gasteiger partial charge is 0.258 e. The molecule has 5 nitrogen and oxygen atoms in total. The summed E-state index contributed by atoms with van der Waals surface area (Å²) in [4.78, 5) is 27.0. The average molecular weight is 438 g/mol. The fourth-order valence-corrected chi connectivity index (χ4v) is 3.93. The van der Waals surface area contributed by atoms with Crippen molar-refractivity contribution in [1.82, 2.24) is 4.90 Å². The van der Waals surface area contributed by atoms with Gasteiger partial charge >= 0.3 is 0 Å². The normalized spacial score (nSPS) is 12.9. The number of halogens is 1. The molecule has 0 bridgehead atoms. The zero-order valence-corrected chi connectivity index (χ0v) is 16.3. The summed E-state index contributed by atoms with van der Waals surface area (Å²) in [5, 5.41) is 19.9. The first-order valence-corrected chi connectivity index (χ1v) is 9.46. The number of phenols is 2. The predicted octanol–water partition coefficient (Wildman–Crippen LogP) is 4.25. The van der Waals surface area contributed by atoms with E-state index >= 15 is 0 Å². The van der Waals surface area contributed by atoms with Gasteiger partial charge in [-0.3, -0.25) is 9.59 Å². The van der Waals surface area contributed by atoms with E-state index in [-0.39, 0.29) is 29.5 Å². The molecule has 0 atom stereocenters. The first kappa shape index (κ1) is 18.3. The van der Waals surface area contributed by atoms with Crippen molar-refractivity contribution >= 4 is 27.6 Å². The number of rotatable bonds is 4. The molecule has 0 radical (unpaired) electrons. The third-order valence-corrected chi connectivity index (χ3v) is 5.49. The van der Waals surface area contributed by atoms with Gasteiger partial charge in [0.1, 0.15) is 0 Å². The van der Waals surface area contributed by atoms with E-state index in [2.05, 4.69) is 15.9 Å². The number of amides is 1. The van der Waals surface area contributed by atoms with Crippen LogP contribution in [-0.2, 0) is 13.1 Å². The maximum atomic E-state index is 12.7. The van der Waals surface area contributed by atoms with Crippen LogP contribution in [-0.4, -0.2) is 26.8 Å². The Morgan fingerprint density at radius 1 is 1.00 bits per heavy atom. The molecule has 0 saturated carbocycles. The lowest BCUT2D eigenvalue weighted by Gasteiger charge is -2.16. The van der Waals surface area contributed by atoms with Gasteiger partial charge in [-0.1, -0.05) is 64.5 Å². The molecule has 1 aliphatic heterocycles. The molecule has 1 aliphatic rings. The zero-order chi connectivity index (χ0) is 19.8. The maximum absolute atomic E-state index is 12.7. The quantitative estimate of drug-likeness (QED) is 0.472. The molecule has 3 aromatic carbocycles. The van der Waals surface area contributed by atoms with Crippen LogP contribution in [0.4, 0.5) is 0 Å². The fourth-order valence-electron chi connectivity index (χ4n) is 3.39. The number of ketones is 1. The molecule has 2 N–H and O–H groups in total. The van der Waals surface area contributed by atoms with E-state index in [1.165, 1.54) is 6.07 Å². The van der Waals surface area contributed by atoms with Gasteiger partial charge in [0.05, 0.1) is 5.56 Å². The van der Waals surface area contributed by atoms with Crippen molar-refractivity contribution in [2.75, 3.05) is 0 Å². The van der Waals surface area contributed by atoms with Crippen LogP contribution in [0.15, 0.2) is 65.1 Å². The Morgan fingerprint density at radius 2 is 1.71 bits per heavy atom. The Kier molecular flexibility index (Phi) is 4.65. The largest absolute Gasteiger partial charge is 0.504 e. The fraction of sp³-hybridized carbons (Fsp3) is 0.0909. The summed E-state index contributed by atoms with van der Waals surface area (Å²) in [5.41, 5.74) is 2.71. The highest BCUT2D eigenvalue weighted by Gasteiger charge is 2.33. The van der Waals surface area contributed by atoms with Gasteiger partial charge in [0.25, 0.3) is 5.91 Å². The zero-order valence-electron chi connectivity index (χ0n) is 14.7. The van der Waals surface area contributed by atoms with Gasteiger partial charge in [0.2, 0.25) is 0 Å². The minimum Gasteiger partial charge on any atom is -0.504 e. The van der Waals surface area contributed by atoms with Crippen LogP contribution in [0.1, 0.15) is 37.4 Å². The number of hydrogen-bond donors (Lipinski definition) is 2. The number of fused-ring (bicyclic) bond motifs is 1. The second-order valence-electron chi connectivity index (χ2n) is 6.64. The van der Waals surface area contributed by atoms with Gasteiger partial charge in [0, 0.05) is 34.3 Å². The van der Waals surface area contributed by atoms with Gasteiger partial charge in [0.15, 0.2) is 17.3 Å². The van der Waals surface area contributed by atoms with Crippen molar-refractivity contribution in [3.8, 4) is 11.5 Å². The second kappa shape index (κ2) is 7.13. The summed E-state index contributed by atoms with van der Waals surface area (Å²) >= 11 is 3.33. The topological polar surface area (TPSA) is 77.8 Å². The van der Waals surface area contributed by atoms with Crippen LogP contribution in [0.3, 0.4) is 0 Å². The number of carbonyl (C=O) groups excluding carboxylic acids is 2. The third-order valence-electron chi connectivity index (χ3n) is 4.78. The highest BCUT2D eigenvalue weighted by molar-refractivity contribution is 9.10. The molecular formula is C22H16BrNO4. The molecule has 0 aromatic heterocycles. The average Bonchev–Trinajstić information content (AvgIpc) is 3.03. The summed E-state index contributed by atoms with van der Waals surface area (Å²) in [7, 11) is 0. The molecule has 1 amide bonds. The lowest BCUT2D eigenvalue weighted by Crippen LogP contribution is -2.23. The van der Waals surface area contributed by atoms with Crippen molar-refractivity contribution in [1.29, 1.82) is 0 Å². The molecule has 140 valence electrons. The Hall–Kier alpha value is -3.12. The number of hydrogen-bond acceptors (Lipinski definition) is 4. The van der Waals surface area contributed by atoms with E-state index < -0.39 is 5.75 Å². The molecule has 1 heterocycles. The predicted molar refractivity (Wildman–Crippen MR) is 107 cm³/mol. The number of aromatic hydroxyl groups is 2. The van der Waals surface area contributed by atoms with Crippen LogP contribution in [0.2, 0.25) is 0 Å². The Labute approximate surface area is 170 Å². The van der Waals surface area contributed by atoms with Crippen molar-refractivity contribution < 1.29 is 19.8 Å². The first-order valence-electron chi connectivity index (χ1n) is 8.67. The third kappa shape index (κ3) is 3.16. The van der Waals surface area contributed by atoms with Crippen LogP contribution < -0.4 is 0 Å². The summed E-state index contributed by atoms with van der Waals surface area (Å²) in [6, 6.07) is 17.6. The minimum atomic E-state index is -0.404. The van der Waals surface area contributed by atoms with Crippen LogP contribution in [0.25, 0.3) is 0 Å². The molecule has 0 aliphatic carbocycles. The molecule has 6 heteroatoms. The molecular weight excluding hydrogens is 422 g/mol. The van der Waals surface area contributed by atoms with Crippen molar-refractivity contribution in [2.24, 2.45) is 0 Å². The van der Waals surface area contributed by atoms with E-state index in [1.54, 1.807) is 35.2 Å². The maximum Gasteiger partial charge on any atom is 0.258 e. The van der Waals surface area contributed by atoms with E-state index in [0.717, 1.165) is 5.56 Å². The van der Waals surface area contributed by atoms with E-state index in [0.29, 0.717) is 27.7 Å². The monoisotopic (exact) mass is 437 g/mol. The summed E-state index contributed by atoms with van der Waals surface area (Å²) in [5.74, 6) is -1.18. The van der Waals surface area contributed by atoms with E-state index in [1.807, 2.05) is 24.3 Å². The van der Waals surface area contributed by atoms with Crippen molar-refractivity contribution in [3.63, 3.8) is 0 Å². The highest BCUT2D eigenvalue weighted by Crippen LogP contribution is 2.41. The van der Waals surface area contributed by atoms with Gasteiger partial charge in [-0.2, -0.15) is 0 Å². The van der Waals surface area contributed by atoms with Gasteiger partial charge in [-0.25, -0.2) is 0 Å². The van der Waals surface area contributed by atoms with Crippen LogP contribution in [0.5, 0.6) is 11.5 Å². The second-order valence-corrected chi connectivity index (χ2v) is 7.49. The van der Waals surface area contributed by atoms with E-state index in [9.17, 15) is 19.8 Å². The number of carbonyl (C=O) groups is 2. The Balaban J connectivity index is 1.59. The molecule has 3 aromatic rings. The minimum absolute atomic E-state index is 0.0798. The molecule has 28 heavy (non-hydrogen) atoms. The standard InChI is InChI=1S/C22H16BrNO4/c23-17-10-18(25)21(27)19-16(17)12-24(22(19)28)11-13-5-4-8-15(9-13)20(26)14-6-2-1-3-7-14/h1-10,25,27H,11-12H2. The Morgan fingerprint density at radius 3 is 2.46 bits per heavy atom. The number of benzene rings is 3. The molecule has 0 unspecified atom stereocenters. The molecule has 0 spiro atoms. The SMILES string of the molecule is O=C(c1ccccc1)c1cccc(CN2Cc3c(Br)cc(O)c(O)c3C2=O)c1.